The minimum atomic E-state index is -4.52. The molecular formula is C18H14ClF3N4O3. The van der Waals surface area contributed by atoms with E-state index in [1.54, 1.807) is 4.90 Å². The van der Waals surface area contributed by atoms with Gasteiger partial charge >= 0.3 is 12.1 Å². The molecule has 0 amide bonds. The largest absolute Gasteiger partial charge is 0.478 e. The Morgan fingerprint density at radius 3 is 2.38 bits per heavy atom. The van der Waals surface area contributed by atoms with E-state index in [4.69, 9.17) is 21.2 Å². The minimum Gasteiger partial charge on any atom is -0.478 e. The Hall–Kier alpha value is -3.01. The number of alkyl halides is 3. The average molecular weight is 427 g/mol. The Labute approximate surface area is 167 Å². The fourth-order valence-electron chi connectivity index (χ4n) is 3.34. The zero-order valence-corrected chi connectivity index (χ0v) is 15.5. The van der Waals surface area contributed by atoms with E-state index in [0.29, 0.717) is 32.0 Å². The third kappa shape index (κ3) is 3.55. The normalized spacial score (nSPS) is 15.2. The molecule has 1 aliphatic heterocycles. The first-order chi connectivity index (χ1) is 13.8. The summed E-state index contributed by atoms with van der Waals surface area (Å²) < 4.78 is 45.3. The van der Waals surface area contributed by atoms with E-state index in [-0.39, 0.29) is 27.4 Å². The SMILES string of the molecule is O=C(O)c1cnc(N2CCN(c3noc4cccc(C(F)(F)F)c34)CC2)c(Cl)c1. The number of hydrogen-bond acceptors (Lipinski definition) is 6. The zero-order valence-electron chi connectivity index (χ0n) is 14.8. The van der Waals surface area contributed by atoms with E-state index >= 15 is 0 Å². The topological polar surface area (TPSA) is 82.7 Å². The highest BCUT2D eigenvalue weighted by Crippen LogP contribution is 2.39. The van der Waals surface area contributed by atoms with Gasteiger partial charge < -0.3 is 19.4 Å². The number of hydrogen-bond donors (Lipinski definition) is 1. The van der Waals surface area contributed by atoms with Gasteiger partial charge in [-0.25, -0.2) is 9.78 Å². The van der Waals surface area contributed by atoms with Gasteiger partial charge in [-0.2, -0.15) is 13.2 Å². The van der Waals surface area contributed by atoms with Crippen LogP contribution in [0.2, 0.25) is 5.02 Å². The van der Waals surface area contributed by atoms with E-state index in [9.17, 15) is 18.0 Å². The second-order valence-corrected chi connectivity index (χ2v) is 6.90. The molecule has 1 aromatic carbocycles. The first kappa shape index (κ1) is 19.3. The molecular weight excluding hydrogens is 413 g/mol. The molecule has 0 radical (unpaired) electrons. The first-order valence-electron chi connectivity index (χ1n) is 8.60. The predicted molar refractivity (Wildman–Crippen MR) is 99.6 cm³/mol. The Kier molecular flexibility index (Phi) is 4.73. The Morgan fingerprint density at radius 2 is 1.79 bits per heavy atom. The van der Waals surface area contributed by atoms with Crippen molar-refractivity contribution in [1.82, 2.24) is 10.1 Å². The summed E-state index contributed by atoms with van der Waals surface area (Å²) in [6.07, 6.45) is -3.30. The molecule has 152 valence electrons. The van der Waals surface area contributed by atoms with Crippen LogP contribution in [-0.2, 0) is 6.18 Å². The number of benzene rings is 1. The van der Waals surface area contributed by atoms with Crippen LogP contribution < -0.4 is 9.80 Å². The zero-order chi connectivity index (χ0) is 20.8. The molecule has 1 aliphatic rings. The van der Waals surface area contributed by atoms with Crippen LogP contribution in [-0.4, -0.2) is 47.4 Å². The highest BCUT2D eigenvalue weighted by molar-refractivity contribution is 6.33. The summed E-state index contributed by atoms with van der Waals surface area (Å²) in [5.74, 6) is -0.556. The molecule has 2 aromatic heterocycles. The van der Waals surface area contributed by atoms with Crippen LogP contribution >= 0.6 is 11.6 Å². The van der Waals surface area contributed by atoms with Crippen molar-refractivity contribution in [3.05, 3.63) is 46.6 Å². The van der Waals surface area contributed by atoms with Crippen molar-refractivity contribution >= 4 is 40.2 Å². The molecule has 0 bridgehead atoms. The molecule has 1 N–H and O–H groups in total. The van der Waals surface area contributed by atoms with Gasteiger partial charge in [-0.3, -0.25) is 0 Å². The molecule has 0 spiro atoms. The fraction of sp³-hybridized carbons (Fsp3) is 0.278. The van der Waals surface area contributed by atoms with Crippen LogP contribution in [0, 0.1) is 0 Å². The molecule has 3 aromatic rings. The maximum atomic E-state index is 13.4. The first-order valence-corrected chi connectivity index (χ1v) is 8.98. The van der Waals surface area contributed by atoms with Crippen molar-refractivity contribution in [2.75, 3.05) is 36.0 Å². The third-order valence-corrected chi connectivity index (χ3v) is 5.01. The van der Waals surface area contributed by atoms with Crippen LogP contribution in [0.3, 0.4) is 0 Å². The predicted octanol–water partition coefficient (Wildman–Crippen LogP) is 3.92. The highest BCUT2D eigenvalue weighted by atomic mass is 35.5. The van der Waals surface area contributed by atoms with E-state index in [0.717, 1.165) is 6.07 Å². The average Bonchev–Trinajstić information content (AvgIpc) is 3.11. The summed E-state index contributed by atoms with van der Waals surface area (Å²) >= 11 is 6.16. The molecule has 3 heterocycles. The summed E-state index contributed by atoms with van der Waals surface area (Å²) in [5, 5.41) is 13.0. The Balaban J connectivity index is 1.57. The Bertz CT molecular complexity index is 1080. The second kappa shape index (κ2) is 7.11. The molecule has 4 rings (SSSR count). The molecule has 29 heavy (non-hydrogen) atoms. The number of fused-ring (bicyclic) bond motifs is 1. The monoisotopic (exact) mass is 426 g/mol. The molecule has 0 atom stereocenters. The van der Waals surface area contributed by atoms with E-state index in [1.807, 2.05) is 4.90 Å². The van der Waals surface area contributed by atoms with Gasteiger partial charge in [-0.1, -0.05) is 22.8 Å². The van der Waals surface area contributed by atoms with Gasteiger partial charge in [-0.15, -0.1) is 0 Å². The van der Waals surface area contributed by atoms with Crippen LogP contribution in [0.25, 0.3) is 11.0 Å². The van der Waals surface area contributed by atoms with Crippen molar-refractivity contribution < 1.29 is 27.6 Å². The van der Waals surface area contributed by atoms with E-state index in [1.165, 1.54) is 24.4 Å². The summed E-state index contributed by atoms with van der Waals surface area (Å²) in [6.45, 7) is 1.57. The second-order valence-electron chi connectivity index (χ2n) is 6.49. The third-order valence-electron chi connectivity index (χ3n) is 4.73. The maximum absolute atomic E-state index is 13.4. The number of anilines is 2. The van der Waals surface area contributed by atoms with Crippen molar-refractivity contribution in [2.45, 2.75) is 6.18 Å². The molecule has 0 unspecified atom stereocenters. The van der Waals surface area contributed by atoms with Crippen LogP contribution in [0.15, 0.2) is 35.0 Å². The number of aromatic nitrogens is 2. The van der Waals surface area contributed by atoms with Crippen LogP contribution in [0.4, 0.5) is 24.8 Å². The molecule has 1 saturated heterocycles. The van der Waals surface area contributed by atoms with Gasteiger partial charge in [0, 0.05) is 32.4 Å². The Morgan fingerprint density at radius 1 is 1.14 bits per heavy atom. The van der Waals surface area contributed by atoms with Crippen LogP contribution in [0.1, 0.15) is 15.9 Å². The summed E-state index contributed by atoms with van der Waals surface area (Å²) in [7, 11) is 0. The number of carboxylic acids is 1. The number of halogens is 4. The van der Waals surface area contributed by atoms with E-state index < -0.39 is 17.7 Å². The van der Waals surface area contributed by atoms with E-state index in [2.05, 4.69) is 10.1 Å². The van der Waals surface area contributed by atoms with Crippen molar-refractivity contribution in [1.29, 1.82) is 0 Å². The number of piperazine rings is 1. The standard InChI is InChI=1S/C18H14ClF3N4O3/c19-12-8-10(17(27)28)9-23-15(12)25-4-6-26(7-5-25)16-14-11(18(20,21)22)2-1-3-13(14)29-24-16/h1-3,8-9H,4-7H2,(H,27,28). The smallest absolute Gasteiger partial charge is 0.417 e. The maximum Gasteiger partial charge on any atom is 0.417 e. The van der Waals surface area contributed by atoms with Gasteiger partial charge in [0.15, 0.2) is 11.4 Å². The highest BCUT2D eigenvalue weighted by Gasteiger charge is 2.36. The lowest BCUT2D eigenvalue weighted by Gasteiger charge is -2.35. The number of carboxylic acid groups (broad SMARTS) is 1. The minimum absolute atomic E-state index is 0.0221. The van der Waals surface area contributed by atoms with Gasteiger partial charge in [-0.05, 0) is 18.2 Å². The molecule has 11 heteroatoms. The van der Waals surface area contributed by atoms with Gasteiger partial charge in [0.2, 0.25) is 0 Å². The van der Waals surface area contributed by atoms with Crippen molar-refractivity contribution in [2.24, 2.45) is 0 Å². The lowest BCUT2D eigenvalue weighted by Crippen LogP contribution is -2.47. The number of rotatable bonds is 3. The summed E-state index contributed by atoms with van der Waals surface area (Å²) in [4.78, 5) is 18.7. The molecule has 1 fully saturated rings. The molecule has 7 nitrogen and oxygen atoms in total. The van der Waals surface area contributed by atoms with Gasteiger partial charge in [0.1, 0.15) is 5.82 Å². The fourth-order valence-corrected chi connectivity index (χ4v) is 3.62. The number of pyridine rings is 1. The van der Waals surface area contributed by atoms with Gasteiger partial charge in [0.25, 0.3) is 0 Å². The molecule has 0 aliphatic carbocycles. The number of nitrogens with zero attached hydrogens (tertiary/aromatic N) is 4. The van der Waals surface area contributed by atoms with Crippen LogP contribution in [0.5, 0.6) is 0 Å². The molecule has 0 saturated carbocycles. The van der Waals surface area contributed by atoms with Gasteiger partial charge in [0.05, 0.1) is 21.5 Å². The quantitative estimate of drug-likeness (QED) is 0.679. The van der Waals surface area contributed by atoms with Crippen molar-refractivity contribution in [3.8, 4) is 0 Å². The lowest BCUT2D eigenvalue weighted by molar-refractivity contribution is -0.136. The number of aromatic carboxylic acids is 1. The summed E-state index contributed by atoms with van der Waals surface area (Å²) in [5.41, 5.74) is -0.736. The number of carbonyl (C=O) groups is 1. The lowest BCUT2D eigenvalue weighted by atomic mass is 10.1. The van der Waals surface area contributed by atoms with Crippen molar-refractivity contribution in [3.63, 3.8) is 0 Å². The summed E-state index contributed by atoms with van der Waals surface area (Å²) in [6, 6.07) is 5.06.